The summed E-state index contributed by atoms with van der Waals surface area (Å²) >= 11 is 3.49. The van der Waals surface area contributed by atoms with Crippen LogP contribution < -0.4 is 5.32 Å². The third-order valence-corrected chi connectivity index (χ3v) is 5.62. The maximum Gasteiger partial charge on any atom is 0.255 e. The van der Waals surface area contributed by atoms with Crippen LogP contribution in [-0.4, -0.2) is 23.3 Å². The fraction of sp³-hybridized carbons (Fsp3) is 0.167. The Morgan fingerprint density at radius 1 is 1.03 bits per heavy atom. The van der Waals surface area contributed by atoms with Gasteiger partial charge in [-0.1, -0.05) is 45.3 Å². The molecule has 3 aromatic carbocycles. The van der Waals surface area contributed by atoms with Crippen molar-refractivity contribution in [3.05, 3.63) is 98.8 Å². The van der Waals surface area contributed by atoms with Crippen LogP contribution in [0.15, 0.2) is 65.1 Å². The summed E-state index contributed by atoms with van der Waals surface area (Å²) in [4.78, 5) is 27.8. The van der Waals surface area contributed by atoms with E-state index < -0.39 is 6.04 Å². The lowest BCUT2D eigenvalue weighted by molar-refractivity contribution is -0.117. The first-order valence-corrected chi connectivity index (χ1v) is 10.3. The second-order valence-corrected chi connectivity index (χ2v) is 8.46. The van der Waals surface area contributed by atoms with Crippen molar-refractivity contribution in [2.75, 3.05) is 11.9 Å². The van der Waals surface area contributed by atoms with E-state index in [1.165, 1.54) is 12.1 Å². The molecule has 1 N–H and O–H groups in total. The summed E-state index contributed by atoms with van der Waals surface area (Å²) in [5, 5.41) is 2.89. The highest BCUT2D eigenvalue weighted by Gasteiger charge is 2.34. The largest absolute Gasteiger partial charge is 0.324 e. The number of carbonyl (C=O) groups is 2. The van der Waals surface area contributed by atoms with E-state index in [1.807, 2.05) is 44.2 Å². The van der Waals surface area contributed by atoms with Gasteiger partial charge >= 0.3 is 0 Å². The third kappa shape index (κ3) is 4.00. The number of halogens is 2. The molecular formula is C24H20BrFN2O2. The monoisotopic (exact) mass is 466 g/mol. The van der Waals surface area contributed by atoms with Gasteiger partial charge in [-0.2, -0.15) is 0 Å². The van der Waals surface area contributed by atoms with Crippen LogP contribution in [0, 0.1) is 19.7 Å². The minimum absolute atomic E-state index is 0.111. The van der Waals surface area contributed by atoms with Gasteiger partial charge in [0, 0.05) is 21.3 Å². The second-order valence-electron chi connectivity index (χ2n) is 7.54. The lowest BCUT2D eigenvalue weighted by Gasteiger charge is -2.31. The number of amides is 2. The topological polar surface area (TPSA) is 49.4 Å². The fourth-order valence-corrected chi connectivity index (χ4v) is 4.31. The Balaban J connectivity index is 1.90. The van der Waals surface area contributed by atoms with E-state index in [9.17, 15) is 14.0 Å². The van der Waals surface area contributed by atoms with Crippen molar-refractivity contribution in [1.82, 2.24) is 4.90 Å². The molecule has 6 heteroatoms. The summed E-state index contributed by atoms with van der Waals surface area (Å²) in [6, 6.07) is 16.7. The van der Waals surface area contributed by atoms with E-state index in [-0.39, 0.29) is 24.2 Å². The molecule has 1 aliphatic rings. The van der Waals surface area contributed by atoms with Crippen molar-refractivity contribution in [3.63, 3.8) is 0 Å². The van der Waals surface area contributed by atoms with Gasteiger partial charge in [0.2, 0.25) is 5.91 Å². The number of fused-ring (bicyclic) bond motifs is 1. The number of aryl methyl sites for hydroxylation is 2. The Kier molecular flexibility index (Phi) is 5.43. The van der Waals surface area contributed by atoms with Gasteiger partial charge in [0.25, 0.3) is 5.91 Å². The molecule has 1 heterocycles. The second kappa shape index (κ2) is 8.03. The van der Waals surface area contributed by atoms with Gasteiger partial charge in [-0.3, -0.25) is 9.59 Å². The summed E-state index contributed by atoms with van der Waals surface area (Å²) in [7, 11) is 0. The van der Waals surface area contributed by atoms with Crippen LogP contribution in [0.2, 0.25) is 0 Å². The standard InChI is InChI=1S/C24H20BrFN2O2/c1-14-9-15(2)11-17(10-14)24(30)28-13-22(29)27-21-8-5-18(25)12-20(21)23(28)16-3-6-19(26)7-4-16/h3-12,23H,13H2,1-2H3,(H,27,29)/t23-/m0/s1. The van der Waals surface area contributed by atoms with Gasteiger partial charge in [0.1, 0.15) is 12.4 Å². The third-order valence-electron chi connectivity index (χ3n) is 5.12. The molecule has 2 amide bonds. The van der Waals surface area contributed by atoms with Crippen molar-refractivity contribution < 1.29 is 14.0 Å². The number of carbonyl (C=O) groups excluding carboxylic acids is 2. The van der Waals surface area contributed by atoms with Crippen LogP contribution in [0.4, 0.5) is 10.1 Å². The molecule has 0 saturated heterocycles. The smallest absolute Gasteiger partial charge is 0.255 e. The number of rotatable bonds is 2. The van der Waals surface area contributed by atoms with Crippen LogP contribution in [-0.2, 0) is 4.79 Å². The van der Waals surface area contributed by atoms with Crippen molar-refractivity contribution in [2.45, 2.75) is 19.9 Å². The highest BCUT2D eigenvalue weighted by atomic mass is 79.9. The lowest BCUT2D eigenvalue weighted by atomic mass is 9.95. The summed E-state index contributed by atoms with van der Waals surface area (Å²) in [6.07, 6.45) is 0. The van der Waals surface area contributed by atoms with E-state index >= 15 is 0 Å². The number of hydrogen-bond acceptors (Lipinski definition) is 2. The molecule has 0 spiro atoms. The van der Waals surface area contributed by atoms with Crippen molar-refractivity contribution in [2.24, 2.45) is 0 Å². The molecule has 0 bridgehead atoms. The normalized spacial score (nSPS) is 15.9. The van der Waals surface area contributed by atoms with Crippen molar-refractivity contribution in [3.8, 4) is 0 Å². The molecule has 30 heavy (non-hydrogen) atoms. The molecule has 1 atom stereocenters. The Hall–Kier alpha value is -2.99. The minimum Gasteiger partial charge on any atom is -0.324 e. The van der Waals surface area contributed by atoms with E-state index in [1.54, 1.807) is 23.1 Å². The van der Waals surface area contributed by atoms with Gasteiger partial charge in [-0.25, -0.2) is 4.39 Å². The summed E-state index contributed by atoms with van der Waals surface area (Å²) in [6.45, 7) is 3.76. The quantitative estimate of drug-likeness (QED) is 0.550. The number of nitrogens with one attached hydrogen (secondary N) is 1. The maximum atomic E-state index is 13.6. The Labute approximate surface area is 182 Å². The van der Waals surface area contributed by atoms with Crippen LogP contribution in [0.3, 0.4) is 0 Å². The van der Waals surface area contributed by atoms with Crippen LogP contribution in [0.5, 0.6) is 0 Å². The van der Waals surface area contributed by atoms with Crippen molar-refractivity contribution in [1.29, 1.82) is 0 Å². The average molecular weight is 467 g/mol. The summed E-state index contributed by atoms with van der Waals surface area (Å²) in [5.74, 6) is -0.886. The molecule has 4 nitrogen and oxygen atoms in total. The number of benzene rings is 3. The molecule has 0 aromatic heterocycles. The summed E-state index contributed by atoms with van der Waals surface area (Å²) < 4.78 is 14.4. The minimum atomic E-state index is -0.551. The lowest BCUT2D eigenvalue weighted by Crippen LogP contribution is -2.39. The van der Waals surface area contributed by atoms with Crippen LogP contribution in [0.25, 0.3) is 0 Å². The average Bonchev–Trinajstić information content (AvgIpc) is 2.83. The fourth-order valence-electron chi connectivity index (χ4n) is 3.93. The predicted octanol–water partition coefficient (Wildman–Crippen LogP) is 5.39. The first-order chi connectivity index (χ1) is 14.3. The van der Waals surface area contributed by atoms with E-state index in [0.717, 1.165) is 26.7 Å². The van der Waals surface area contributed by atoms with Gasteiger partial charge in [-0.15, -0.1) is 0 Å². The van der Waals surface area contributed by atoms with Gasteiger partial charge in [0.15, 0.2) is 0 Å². The zero-order valence-corrected chi connectivity index (χ0v) is 18.2. The van der Waals surface area contributed by atoms with E-state index in [2.05, 4.69) is 21.2 Å². The molecule has 4 rings (SSSR count). The molecular weight excluding hydrogens is 447 g/mol. The molecule has 0 saturated carbocycles. The van der Waals surface area contributed by atoms with Crippen LogP contribution >= 0.6 is 15.9 Å². The molecule has 0 unspecified atom stereocenters. The van der Waals surface area contributed by atoms with Gasteiger partial charge < -0.3 is 10.2 Å². The van der Waals surface area contributed by atoms with E-state index in [4.69, 9.17) is 0 Å². The molecule has 3 aromatic rings. The first kappa shape index (κ1) is 20.3. The molecule has 0 radical (unpaired) electrons. The highest BCUT2D eigenvalue weighted by Crippen LogP contribution is 2.38. The SMILES string of the molecule is Cc1cc(C)cc(C(=O)N2CC(=O)Nc3ccc(Br)cc3[C@@H]2c2ccc(F)cc2)c1. The number of anilines is 1. The number of nitrogens with zero attached hydrogens (tertiary/aromatic N) is 1. The summed E-state index contributed by atoms with van der Waals surface area (Å²) in [5.41, 5.74) is 4.59. The zero-order valence-electron chi connectivity index (χ0n) is 16.6. The molecule has 152 valence electrons. The van der Waals surface area contributed by atoms with Crippen LogP contribution in [0.1, 0.15) is 38.7 Å². The number of hydrogen-bond donors (Lipinski definition) is 1. The maximum absolute atomic E-state index is 13.6. The van der Waals surface area contributed by atoms with Gasteiger partial charge in [0.05, 0.1) is 6.04 Å². The van der Waals surface area contributed by atoms with Crippen molar-refractivity contribution >= 4 is 33.4 Å². The zero-order chi connectivity index (χ0) is 21.4. The predicted molar refractivity (Wildman–Crippen MR) is 118 cm³/mol. The Morgan fingerprint density at radius 2 is 1.70 bits per heavy atom. The van der Waals surface area contributed by atoms with E-state index in [0.29, 0.717) is 11.3 Å². The highest BCUT2D eigenvalue weighted by molar-refractivity contribution is 9.10. The first-order valence-electron chi connectivity index (χ1n) is 9.56. The van der Waals surface area contributed by atoms with Gasteiger partial charge in [-0.05, 0) is 61.9 Å². The Morgan fingerprint density at radius 3 is 2.37 bits per heavy atom. The Bertz CT molecular complexity index is 1120. The molecule has 1 aliphatic heterocycles. The molecule has 0 fully saturated rings. The molecule has 0 aliphatic carbocycles.